The average Bonchev–Trinajstić information content (AvgIpc) is 2.99. The van der Waals surface area contributed by atoms with E-state index in [2.05, 4.69) is 5.32 Å². The maximum absolute atomic E-state index is 5.59. The maximum Gasteiger partial charge on any atom is 0.203 e. The fourth-order valence-corrected chi connectivity index (χ4v) is 2.42. The highest BCUT2D eigenvalue weighted by atomic mass is 16.5. The van der Waals surface area contributed by atoms with E-state index in [1.54, 1.807) is 21.3 Å². The summed E-state index contributed by atoms with van der Waals surface area (Å²) in [6, 6.07) is 3.92. The Morgan fingerprint density at radius 1 is 1.15 bits per heavy atom. The predicted molar refractivity (Wildman–Crippen MR) is 76.8 cm³/mol. The highest BCUT2D eigenvalue weighted by molar-refractivity contribution is 5.53. The monoisotopic (exact) mass is 281 g/mol. The molecule has 0 spiro atoms. The lowest BCUT2D eigenvalue weighted by Crippen LogP contribution is -2.25. The molecule has 1 saturated heterocycles. The van der Waals surface area contributed by atoms with Gasteiger partial charge in [-0.3, -0.25) is 0 Å². The predicted octanol–water partition coefficient (Wildman–Crippen LogP) is 1.98. The number of benzene rings is 1. The van der Waals surface area contributed by atoms with Crippen molar-refractivity contribution in [3.63, 3.8) is 0 Å². The van der Waals surface area contributed by atoms with Gasteiger partial charge >= 0.3 is 0 Å². The molecule has 2 rings (SSSR count). The molecule has 20 heavy (non-hydrogen) atoms. The minimum atomic E-state index is 0.344. The highest BCUT2D eigenvalue weighted by Gasteiger charge is 2.16. The second-order valence-electron chi connectivity index (χ2n) is 4.80. The van der Waals surface area contributed by atoms with Crippen molar-refractivity contribution in [2.75, 3.05) is 34.5 Å². The van der Waals surface area contributed by atoms with E-state index in [1.807, 2.05) is 12.1 Å². The van der Waals surface area contributed by atoms with Crippen LogP contribution < -0.4 is 19.5 Å². The van der Waals surface area contributed by atoms with Gasteiger partial charge in [0.1, 0.15) is 0 Å². The van der Waals surface area contributed by atoms with Crippen molar-refractivity contribution in [2.24, 2.45) is 0 Å². The van der Waals surface area contributed by atoms with E-state index in [9.17, 15) is 0 Å². The lowest BCUT2D eigenvalue weighted by Gasteiger charge is -2.15. The largest absolute Gasteiger partial charge is 0.493 e. The van der Waals surface area contributed by atoms with Crippen LogP contribution in [0.5, 0.6) is 17.2 Å². The Bertz CT molecular complexity index is 405. The van der Waals surface area contributed by atoms with Gasteiger partial charge in [0.15, 0.2) is 11.5 Å². The fourth-order valence-electron chi connectivity index (χ4n) is 2.42. The molecule has 1 aromatic carbocycles. The Labute approximate surface area is 120 Å². The summed E-state index contributed by atoms with van der Waals surface area (Å²) in [6.45, 7) is 2.50. The normalized spacial score (nSPS) is 18.1. The highest BCUT2D eigenvalue weighted by Crippen LogP contribution is 2.38. The van der Waals surface area contributed by atoms with Crippen LogP contribution in [0.2, 0.25) is 0 Å². The van der Waals surface area contributed by atoms with Gasteiger partial charge in [-0.05, 0) is 30.5 Å². The van der Waals surface area contributed by atoms with E-state index >= 15 is 0 Å². The molecule has 0 saturated carbocycles. The molecule has 1 aliphatic rings. The molecule has 1 fully saturated rings. The van der Waals surface area contributed by atoms with Crippen molar-refractivity contribution in [3.8, 4) is 17.2 Å². The van der Waals surface area contributed by atoms with Crippen LogP contribution in [-0.4, -0.2) is 40.6 Å². The first kappa shape index (κ1) is 14.9. The summed E-state index contributed by atoms with van der Waals surface area (Å²) < 4.78 is 21.6. The smallest absolute Gasteiger partial charge is 0.203 e. The first-order valence-electron chi connectivity index (χ1n) is 6.89. The molecular weight excluding hydrogens is 258 g/mol. The Morgan fingerprint density at radius 2 is 1.85 bits per heavy atom. The first-order valence-corrected chi connectivity index (χ1v) is 6.89. The van der Waals surface area contributed by atoms with E-state index in [0.29, 0.717) is 23.4 Å². The molecule has 1 atom stereocenters. The van der Waals surface area contributed by atoms with E-state index in [-0.39, 0.29) is 0 Å². The van der Waals surface area contributed by atoms with Gasteiger partial charge in [0.25, 0.3) is 0 Å². The molecule has 1 aromatic rings. The summed E-state index contributed by atoms with van der Waals surface area (Å²) in [5.41, 5.74) is 1.09. The van der Waals surface area contributed by atoms with Crippen molar-refractivity contribution in [1.29, 1.82) is 0 Å². The summed E-state index contributed by atoms with van der Waals surface area (Å²) >= 11 is 0. The minimum Gasteiger partial charge on any atom is -0.493 e. The second-order valence-corrected chi connectivity index (χ2v) is 4.80. The summed E-state index contributed by atoms with van der Waals surface area (Å²) in [4.78, 5) is 0. The third-order valence-electron chi connectivity index (χ3n) is 3.45. The first-order chi connectivity index (χ1) is 9.78. The standard InChI is InChI=1S/C15H23NO4/c1-17-13-7-11(8-14(18-2)15(13)19-3)9-16-10-12-5-4-6-20-12/h7-8,12,16H,4-6,9-10H2,1-3H3/t12-/m0/s1. The molecule has 1 heterocycles. The Morgan fingerprint density at radius 3 is 2.35 bits per heavy atom. The lowest BCUT2D eigenvalue weighted by molar-refractivity contribution is 0.110. The fraction of sp³-hybridized carbons (Fsp3) is 0.600. The van der Waals surface area contributed by atoms with E-state index in [0.717, 1.165) is 38.1 Å². The molecule has 0 bridgehead atoms. The number of hydrogen-bond donors (Lipinski definition) is 1. The summed E-state index contributed by atoms with van der Waals surface area (Å²) in [5, 5.41) is 3.41. The molecule has 5 heteroatoms. The van der Waals surface area contributed by atoms with Crippen LogP contribution in [0.4, 0.5) is 0 Å². The number of methoxy groups -OCH3 is 3. The molecule has 5 nitrogen and oxygen atoms in total. The molecule has 1 N–H and O–H groups in total. The molecule has 0 aromatic heterocycles. The van der Waals surface area contributed by atoms with E-state index in [1.165, 1.54) is 0 Å². The van der Waals surface area contributed by atoms with Crippen molar-refractivity contribution < 1.29 is 18.9 Å². The number of rotatable bonds is 7. The SMILES string of the molecule is COc1cc(CNC[C@@H]2CCCO2)cc(OC)c1OC. The van der Waals surface area contributed by atoms with Crippen LogP contribution in [0, 0.1) is 0 Å². The molecule has 1 aliphatic heterocycles. The van der Waals surface area contributed by atoms with Gasteiger partial charge in [0.2, 0.25) is 5.75 Å². The van der Waals surface area contributed by atoms with Gasteiger partial charge in [0.05, 0.1) is 27.4 Å². The van der Waals surface area contributed by atoms with Crippen molar-refractivity contribution >= 4 is 0 Å². The second kappa shape index (κ2) is 7.36. The van der Waals surface area contributed by atoms with E-state index in [4.69, 9.17) is 18.9 Å². The van der Waals surface area contributed by atoms with Gasteiger partial charge < -0.3 is 24.3 Å². The molecule has 0 aliphatic carbocycles. The van der Waals surface area contributed by atoms with Crippen LogP contribution in [0.1, 0.15) is 18.4 Å². The summed E-state index contributed by atoms with van der Waals surface area (Å²) in [5.74, 6) is 1.99. The van der Waals surface area contributed by atoms with Gasteiger partial charge in [0, 0.05) is 19.7 Å². The van der Waals surface area contributed by atoms with Crippen LogP contribution in [-0.2, 0) is 11.3 Å². The average molecular weight is 281 g/mol. The summed E-state index contributed by atoms with van der Waals surface area (Å²) in [6.07, 6.45) is 2.65. The quantitative estimate of drug-likeness (QED) is 0.828. The minimum absolute atomic E-state index is 0.344. The Balaban J connectivity index is 1.99. The molecule has 0 amide bonds. The van der Waals surface area contributed by atoms with E-state index < -0.39 is 0 Å². The van der Waals surface area contributed by atoms with Gasteiger partial charge in [-0.2, -0.15) is 0 Å². The van der Waals surface area contributed by atoms with Crippen molar-refractivity contribution in [2.45, 2.75) is 25.5 Å². The van der Waals surface area contributed by atoms with Gasteiger partial charge in [-0.25, -0.2) is 0 Å². The van der Waals surface area contributed by atoms with Crippen LogP contribution >= 0.6 is 0 Å². The Hall–Kier alpha value is -1.46. The Kier molecular flexibility index (Phi) is 5.49. The topological polar surface area (TPSA) is 49.0 Å². The number of hydrogen-bond acceptors (Lipinski definition) is 5. The lowest BCUT2D eigenvalue weighted by atomic mass is 10.1. The third kappa shape index (κ3) is 3.55. The zero-order chi connectivity index (χ0) is 14.4. The van der Waals surface area contributed by atoms with Crippen LogP contribution in [0.25, 0.3) is 0 Å². The van der Waals surface area contributed by atoms with Gasteiger partial charge in [-0.1, -0.05) is 0 Å². The van der Waals surface area contributed by atoms with Crippen molar-refractivity contribution in [3.05, 3.63) is 17.7 Å². The zero-order valence-electron chi connectivity index (χ0n) is 12.4. The molecular formula is C15H23NO4. The van der Waals surface area contributed by atoms with Gasteiger partial charge in [-0.15, -0.1) is 0 Å². The zero-order valence-corrected chi connectivity index (χ0v) is 12.4. The summed E-state index contributed by atoms with van der Waals surface area (Å²) in [7, 11) is 4.86. The van der Waals surface area contributed by atoms with Crippen molar-refractivity contribution in [1.82, 2.24) is 5.32 Å². The molecule has 0 radical (unpaired) electrons. The maximum atomic E-state index is 5.59. The van der Waals surface area contributed by atoms with Crippen LogP contribution in [0.3, 0.4) is 0 Å². The number of ether oxygens (including phenoxy) is 4. The van der Waals surface area contributed by atoms with Crippen LogP contribution in [0.15, 0.2) is 12.1 Å². The molecule has 112 valence electrons. The molecule has 0 unspecified atom stereocenters. The number of nitrogens with one attached hydrogen (secondary N) is 1. The third-order valence-corrected chi connectivity index (χ3v) is 3.45.